The van der Waals surface area contributed by atoms with Gasteiger partial charge in [-0.15, -0.1) is 11.3 Å². The molecule has 0 aliphatic carbocycles. The number of hydrogen-bond acceptors (Lipinski definition) is 4. The highest BCUT2D eigenvalue weighted by Crippen LogP contribution is 2.29. The lowest BCUT2D eigenvalue weighted by atomic mass is 10.1. The molecule has 0 aliphatic heterocycles. The van der Waals surface area contributed by atoms with Crippen LogP contribution in [0.15, 0.2) is 17.5 Å². The highest BCUT2D eigenvalue weighted by Gasteiger charge is 2.16. The molecule has 5 heteroatoms. The first-order chi connectivity index (χ1) is 9.52. The number of nitrogens with zero attached hydrogens (tertiary/aromatic N) is 2. The molecule has 0 saturated heterocycles. The van der Waals surface area contributed by atoms with Gasteiger partial charge >= 0.3 is 0 Å². The predicted octanol–water partition coefficient (Wildman–Crippen LogP) is 5.19. The van der Waals surface area contributed by atoms with Crippen LogP contribution < -0.4 is 5.32 Å². The summed E-state index contributed by atoms with van der Waals surface area (Å²) in [7, 11) is 0. The van der Waals surface area contributed by atoms with E-state index in [0.717, 1.165) is 23.6 Å². The number of rotatable bonds is 5. The van der Waals surface area contributed by atoms with E-state index in [4.69, 9.17) is 11.6 Å². The van der Waals surface area contributed by atoms with Gasteiger partial charge in [-0.2, -0.15) is 0 Å². The van der Waals surface area contributed by atoms with Gasteiger partial charge in [0.1, 0.15) is 16.8 Å². The third-order valence-corrected chi connectivity index (χ3v) is 4.58. The van der Waals surface area contributed by atoms with Crippen LogP contribution in [0.3, 0.4) is 0 Å². The fraction of sp³-hybridized carbons (Fsp3) is 0.467. The fourth-order valence-electron chi connectivity index (χ4n) is 1.93. The maximum atomic E-state index is 6.23. The van der Waals surface area contributed by atoms with Gasteiger partial charge in [-0.1, -0.05) is 38.4 Å². The van der Waals surface area contributed by atoms with Crippen LogP contribution in [0, 0.1) is 6.92 Å². The van der Waals surface area contributed by atoms with E-state index in [-0.39, 0.29) is 12.0 Å². The summed E-state index contributed by atoms with van der Waals surface area (Å²) in [5, 5.41) is 6.14. The van der Waals surface area contributed by atoms with Crippen LogP contribution in [0.2, 0.25) is 5.15 Å². The van der Waals surface area contributed by atoms with Crippen LogP contribution in [0.5, 0.6) is 0 Å². The van der Waals surface area contributed by atoms with Crippen molar-refractivity contribution in [3.8, 4) is 0 Å². The van der Waals surface area contributed by atoms with Gasteiger partial charge in [0.05, 0.1) is 6.04 Å². The summed E-state index contributed by atoms with van der Waals surface area (Å²) in [6.45, 7) is 8.26. The van der Waals surface area contributed by atoms with Gasteiger partial charge in [0.15, 0.2) is 0 Å². The van der Waals surface area contributed by atoms with Crippen LogP contribution in [-0.4, -0.2) is 9.97 Å². The smallest absolute Gasteiger partial charge is 0.137 e. The first kappa shape index (κ1) is 15.3. The van der Waals surface area contributed by atoms with Gasteiger partial charge in [0, 0.05) is 16.4 Å². The molecule has 0 spiro atoms. The Balaban J connectivity index is 2.32. The molecule has 2 aromatic heterocycles. The number of nitrogens with one attached hydrogen (secondary N) is 1. The van der Waals surface area contributed by atoms with Crippen molar-refractivity contribution in [1.82, 2.24) is 9.97 Å². The van der Waals surface area contributed by atoms with Crippen molar-refractivity contribution in [2.24, 2.45) is 0 Å². The van der Waals surface area contributed by atoms with Crippen molar-refractivity contribution in [1.29, 1.82) is 0 Å². The molecular formula is C15H20ClN3S. The summed E-state index contributed by atoms with van der Waals surface area (Å²) < 4.78 is 0. The van der Waals surface area contributed by atoms with Crippen molar-refractivity contribution >= 4 is 28.8 Å². The van der Waals surface area contributed by atoms with Crippen molar-refractivity contribution < 1.29 is 0 Å². The minimum Gasteiger partial charge on any atom is -0.362 e. The number of aromatic nitrogens is 2. The molecule has 2 rings (SSSR count). The maximum Gasteiger partial charge on any atom is 0.137 e. The number of hydrogen-bond donors (Lipinski definition) is 1. The number of thiophene rings is 1. The summed E-state index contributed by atoms with van der Waals surface area (Å²) in [4.78, 5) is 10.3. The zero-order chi connectivity index (χ0) is 14.7. The lowest BCUT2D eigenvalue weighted by Crippen LogP contribution is -2.13. The van der Waals surface area contributed by atoms with E-state index in [1.165, 1.54) is 4.88 Å². The molecule has 1 N–H and O–H groups in total. The fourth-order valence-corrected chi connectivity index (χ4v) is 2.97. The van der Waals surface area contributed by atoms with E-state index in [0.29, 0.717) is 5.15 Å². The first-order valence-corrected chi connectivity index (χ1v) is 8.12. The summed E-state index contributed by atoms with van der Waals surface area (Å²) in [5.74, 6) is 1.88. The Hall–Kier alpha value is -1.13. The van der Waals surface area contributed by atoms with Gasteiger partial charge < -0.3 is 5.32 Å². The van der Waals surface area contributed by atoms with Crippen molar-refractivity contribution in [2.75, 3.05) is 5.32 Å². The zero-order valence-electron chi connectivity index (χ0n) is 12.3. The number of anilines is 1. The third-order valence-electron chi connectivity index (χ3n) is 3.23. The normalized spacial score (nSPS) is 12.7. The monoisotopic (exact) mass is 309 g/mol. The first-order valence-electron chi connectivity index (χ1n) is 6.86. The van der Waals surface area contributed by atoms with Crippen LogP contribution in [-0.2, 0) is 0 Å². The SMILES string of the molecule is CCC(Nc1nc(C(C)C)nc(Cl)c1C)c1cccs1. The maximum absolute atomic E-state index is 6.23. The average molecular weight is 310 g/mol. The molecule has 2 heterocycles. The molecule has 0 aromatic carbocycles. The standard InChI is InChI=1S/C15H20ClN3S/c1-5-11(12-7-6-8-20-12)17-15-10(4)13(16)18-14(19-15)9(2)3/h6-9,11H,5H2,1-4H3,(H,17,18,19). The van der Waals surface area contributed by atoms with Crippen LogP contribution >= 0.6 is 22.9 Å². The van der Waals surface area contributed by atoms with E-state index in [2.05, 4.69) is 53.6 Å². The van der Waals surface area contributed by atoms with Crippen molar-refractivity contribution in [3.05, 3.63) is 38.9 Å². The Bertz CT molecular complexity index is 567. The Morgan fingerprint density at radius 2 is 2.10 bits per heavy atom. The van der Waals surface area contributed by atoms with Gasteiger partial charge in [-0.25, -0.2) is 9.97 Å². The van der Waals surface area contributed by atoms with Gasteiger partial charge in [-0.05, 0) is 24.8 Å². The molecule has 0 fully saturated rings. The highest BCUT2D eigenvalue weighted by molar-refractivity contribution is 7.10. The quantitative estimate of drug-likeness (QED) is 0.773. The second-order valence-electron chi connectivity index (χ2n) is 5.12. The Labute approximate surface area is 129 Å². The van der Waals surface area contributed by atoms with Gasteiger partial charge in [-0.3, -0.25) is 0 Å². The van der Waals surface area contributed by atoms with E-state index in [1.807, 2.05) is 6.92 Å². The summed E-state index contributed by atoms with van der Waals surface area (Å²) >= 11 is 7.98. The Morgan fingerprint density at radius 1 is 1.35 bits per heavy atom. The highest BCUT2D eigenvalue weighted by atomic mass is 35.5. The molecule has 0 bridgehead atoms. The zero-order valence-corrected chi connectivity index (χ0v) is 13.8. The largest absolute Gasteiger partial charge is 0.362 e. The molecular weight excluding hydrogens is 290 g/mol. The predicted molar refractivity (Wildman–Crippen MR) is 86.8 cm³/mol. The van der Waals surface area contributed by atoms with Crippen LogP contribution in [0.25, 0.3) is 0 Å². The van der Waals surface area contributed by atoms with Crippen LogP contribution in [0.4, 0.5) is 5.82 Å². The Morgan fingerprint density at radius 3 is 2.65 bits per heavy atom. The molecule has 108 valence electrons. The minimum absolute atomic E-state index is 0.260. The summed E-state index contributed by atoms with van der Waals surface area (Å²) in [6, 6.07) is 4.48. The van der Waals surface area contributed by atoms with Crippen molar-refractivity contribution in [3.63, 3.8) is 0 Å². The molecule has 0 radical (unpaired) electrons. The average Bonchev–Trinajstić information content (AvgIpc) is 2.93. The van der Waals surface area contributed by atoms with Gasteiger partial charge in [0.25, 0.3) is 0 Å². The van der Waals surface area contributed by atoms with Crippen molar-refractivity contribution in [2.45, 2.75) is 46.1 Å². The molecule has 0 amide bonds. The van der Waals surface area contributed by atoms with E-state index < -0.39 is 0 Å². The summed E-state index contributed by atoms with van der Waals surface area (Å²) in [5.41, 5.74) is 0.908. The molecule has 3 nitrogen and oxygen atoms in total. The third kappa shape index (κ3) is 3.30. The topological polar surface area (TPSA) is 37.8 Å². The van der Waals surface area contributed by atoms with E-state index >= 15 is 0 Å². The van der Waals surface area contributed by atoms with E-state index in [1.54, 1.807) is 11.3 Å². The van der Waals surface area contributed by atoms with Crippen LogP contribution in [0.1, 0.15) is 55.4 Å². The molecule has 20 heavy (non-hydrogen) atoms. The molecule has 0 aliphatic rings. The molecule has 1 unspecified atom stereocenters. The van der Waals surface area contributed by atoms with E-state index in [9.17, 15) is 0 Å². The molecule has 0 saturated carbocycles. The minimum atomic E-state index is 0.260. The summed E-state index contributed by atoms with van der Waals surface area (Å²) in [6.07, 6.45) is 0.999. The molecule has 2 aromatic rings. The lowest BCUT2D eigenvalue weighted by molar-refractivity contribution is 0.737. The second kappa shape index (κ2) is 6.55. The Kier molecular flexibility index (Phi) is 5.00. The second-order valence-corrected chi connectivity index (χ2v) is 6.46. The number of halogens is 1. The van der Waals surface area contributed by atoms with Gasteiger partial charge in [0.2, 0.25) is 0 Å². The molecule has 1 atom stereocenters. The lowest BCUT2D eigenvalue weighted by Gasteiger charge is -2.19.